The normalized spacial score (nSPS) is 14.4. The van der Waals surface area contributed by atoms with Crippen LogP contribution in [0.3, 0.4) is 0 Å². The summed E-state index contributed by atoms with van der Waals surface area (Å²) in [5.41, 5.74) is 0. The number of aliphatic hydroxyl groups is 1. The number of nitrogens with zero attached hydrogens (tertiary/aromatic N) is 1. The van der Waals surface area contributed by atoms with Crippen molar-refractivity contribution in [2.75, 3.05) is 40.9 Å². The second-order valence-corrected chi connectivity index (χ2v) is 25.6. The van der Waals surface area contributed by atoms with Crippen LogP contribution in [0.25, 0.3) is 0 Å². The van der Waals surface area contributed by atoms with Crippen LogP contribution in [0, 0.1) is 0 Å². The van der Waals surface area contributed by atoms with Crippen molar-refractivity contribution in [3.05, 3.63) is 109 Å². The number of rotatable bonds is 62. The zero-order chi connectivity index (χ0) is 59.8. The number of carbonyl (C=O) groups excluding carboxylic acids is 1. The van der Waals surface area contributed by atoms with Crippen molar-refractivity contribution >= 4 is 13.7 Å². The van der Waals surface area contributed by atoms with Crippen LogP contribution in [0.5, 0.6) is 0 Å². The van der Waals surface area contributed by atoms with Gasteiger partial charge in [-0.05, 0) is 83.5 Å². The lowest BCUT2D eigenvalue weighted by Gasteiger charge is -2.26. The first-order chi connectivity index (χ1) is 40.0. The van der Waals surface area contributed by atoms with E-state index in [4.69, 9.17) is 9.05 Å². The molecule has 0 aliphatic carbocycles. The third kappa shape index (κ3) is 64.7. The number of nitrogens with one attached hydrogen (secondary N) is 1. The number of allylic oxidation sites excluding steroid dienone is 18. The highest BCUT2D eigenvalue weighted by molar-refractivity contribution is 7.47. The van der Waals surface area contributed by atoms with Gasteiger partial charge in [-0.25, -0.2) is 4.57 Å². The molecule has 0 saturated carbocycles. The molecule has 0 aromatic rings. The molecule has 8 nitrogen and oxygen atoms in total. The Morgan fingerprint density at radius 2 is 0.732 bits per heavy atom. The Morgan fingerprint density at radius 1 is 0.427 bits per heavy atom. The average Bonchev–Trinajstić information content (AvgIpc) is 3.46. The maximum absolute atomic E-state index is 13.1. The van der Waals surface area contributed by atoms with Crippen LogP contribution in [-0.2, 0) is 18.4 Å². The minimum atomic E-state index is -4.34. The van der Waals surface area contributed by atoms with Crippen molar-refractivity contribution in [2.45, 2.75) is 309 Å². The molecule has 3 atom stereocenters. The van der Waals surface area contributed by atoms with Crippen molar-refractivity contribution in [1.82, 2.24) is 5.32 Å². The summed E-state index contributed by atoms with van der Waals surface area (Å²) in [5.74, 6) is -0.148. The van der Waals surface area contributed by atoms with Crippen LogP contribution < -0.4 is 5.32 Å². The van der Waals surface area contributed by atoms with E-state index in [1.54, 1.807) is 0 Å². The fraction of sp³-hybridized carbons (Fsp3) is 0.740. The molecular weight excluding hydrogens is 1030 g/mol. The molecule has 474 valence electrons. The van der Waals surface area contributed by atoms with Gasteiger partial charge in [0.25, 0.3) is 0 Å². The van der Waals surface area contributed by atoms with E-state index in [0.29, 0.717) is 23.9 Å². The van der Waals surface area contributed by atoms with Crippen LogP contribution in [0.1, 0.15) is 296 Å². The number of hydrogen-bond acceptors (Lipinski definition) is 5. The van der Waals surface area contributed by atoms with Crippen molar-refractivity contribution in [3.8, 4) is 0 Å². The molecule has 0 aromatic heterocycles. The molecule has 1 amide bonds. The largest absolute Gasteiger partial charge is 0.472 e. The molecule has 0 bridgehead atoms. The van der Waals surface area contributed by atoms with Gasteiger partial charge >= 0.3 is 7.82 Å². The quantitative estimate of drug-likeness (QED) is 0.0243. The number of carbonyl (C=O) groups is 1. The van der Waals surface area contributed by atoms with Gasteiger partial charge in [0.05, 0.1) is 39.9 Å². The molecule has 0 aliphatic heterocycles. The third-order valence-corrected chi connectivity index (χ3v) is 16.0. The highest BCUT2D eigenvalue weighted by Crippen LogP contribution is 2.43. The molecule has 0 spiro atoms. The van der Waals surface area contributed by atoms with E-state index in [9.17, 15) is 19.4 Å². The number of hydrogen-bond donors (Lipinski definition) is 3. The Morgan fingerprint density at radius 3 is 1.07 bits per heavy atom. The molecule has 3 unspecified atom stereocenters. The van der Waals surface area contributed by atoms with Crippen molar-refractivity contribution in [3.63, 3.8) is 0 Å². The Hall–Kier alpha value is -2.84. The Bertz CT molecular complexity index is 1700. The fourth-order valence-corrected chi connectivity index (χ4v) is 10.5. The predicted molar refractivity (Wildman–Crippen MR) is 359 cm³/mol. The molecule has 0 aliphatic rings. The molecule has 0 heterocycles. The zero-order valence-electron chi connectivity index (χ0n) is 54.2. The molecule has 0 fully saturated rings. The van der Waals surface area contributed by atoms with E-state index in [1.807, 2.05) is 21.1 Å². The second-order valence-electron chi connectivity index (χ2n) is 24.2. The number of phosphoric acid groups is 1. The summed E-state index contributed by atoms with van der Waals surface area (Å²) in [6.07, 6.45) is 91.7. The lowest BCUT2D eigenvalue weighted by Crippen LogP contribution is -2.46. The fourth-order valence-electron chi connectivity index (χ4n) is 9.75. The Labute approximate surface area is 508 Å². The number of likely N-dealkylation sites (N-methyl/N-ethyl adjacent to an activating group) is 1. The number of phosphoric ester groups is 1. The monoisotopic (exact) mass is 1160 g/mol. The van der Waals surface area contributed by atoms with Crippen molar-refractivity contribution < 1.29 is 32.9 Å². The van der Waals surface area contributed by atoms with Gasteiger partial charge in [-0.3, -0.25) is 13.8 Å². The van der Waals surface area contributed by atoms with E-state index in [-0.39, 0.29) is 19.1 Å². The summed E-state index contributed by atoms with van der Waals surface area (Å²) < 4.78 is 23.9. The zero-order valence-corrected chi connectivity index (χ0v) is 55.1. The highest BCUT2D eigenvalue weighted by atomic mass is 31.2. The molecular formula is C73H132N2O6P+. The van der Waals surface area contributed by atoms with Crippen LogP contribution in [0.15, 0.2) is 109 Å². The first-order valence-corrected chi connectivity index (χ1v) is 35.7. The molecule has 0 aromatic carbocycles. The minimum absolute atomic E-state index is 0.0705. The summed E-state index contributed by atoms with van der Waals surface area (Å²) in [6, 6.07) is -0.770. The van der Waals surface area contributed by atoms with Gasteiger partial charge in [0.15, 0.2) is 0 Å². The second kappa shape index (κ2) is 62.7. The van der Waals surface area contributed by atoms with Gasteiger partial charge in [0, 0.05) is 6.42 Å². The van der Waals surface area contributed by atoms with Gasteiger partial charge in [0.2, 0.25) is 5.91 Å². The van der Waals surface area contributed by atoms with Crippen molar-refractivity contribution in [1.29, 1.82) is 0 Å². The highest BCUT2D eigenvalue weighted by Gasteiger charge is 2.28. The number of quaternary nitrogens is 1. The summed E-state index contributed by atoms with van der Waals surface area (Å²) in [5, 5.41) is 14.1. The Balaban J connectivity index is 4.07. The van der Waals surface area contributed by atoms with E-state index in [1.165, 1.54) is 173 Å². The van der Waals surface area contributed by atoms with Crippen LogP contribution in [0.2, 0.25) is 0 Å². The van der Waals surface area contributed by atoms with Gasteiger partial charge in [-0.1, -0.05) is 316 Å². The lowest BCUT2D eigenvalue weighted by atomic mass is 10.0. The maximum Gasteiger partial charge on any atom is 0.472 e. The summed E-state index contributed by atoms with van der Waals surface area (Å²) in [6.45, 7) is 4.79. The molecule has 0 radical (unpaired) electrons. The topological polar surface area (TPSA) is 105 Å². The molecule has 0 rings (SSSR count). The smallest absolute Gasteiger partial charge is 0.391 e. The van der Waals surface area contributed by atoms with Gasteiger partial charge < -0.3 is 19.8 Å². The van der Waals surface area contributed by atoms with E-state index in [0.717, 1.165) is 96.3 Å². The first kappa shape index (κ1) is 79.2. The first-order valence-electron chi connectivity index (χ1n) is 34.3. The SMILES string of the molecule is CC/C=C\C/C=C\C/C=C\C/C=C\C/C=C\C/C=C\C/C=C\C/C=C\C/C=C\CCCCCCCCCCCCCC(=O)NC(COP(=O)(O)OCC[N+](C)(C)C)C(O)CCCCCCCCCCCCCCCCCCCCCCC. The van der Waals surface area contributed by atoms with Crippen LogP contribution in [-0.4, -0.2) is 73.4 Å². The Kier molecular flexibility index (Phi) is 60.5. The third-order valence-electron chi connectivity index (χ3n) is 15.0. The van der Waals surface area contributed by atoms with Crippen molar-refractivity contribution in [2.24, 2.45) is 0 Å². The number of amides is 1. The summed E-state index contributed by atoms with van der Waals surface area (Å²) >= 11 is 0. The van der Waals surface area contributed by atoms with Gasteiger partial charge in [0.1, 0.15) is 13.2 Å². The van der Waals surface area contributed by atoms with E-state index < -0.39 is 20.0 Å². The molecule has 9 heteroatoms. The summed E-state index contributed by atoms with van der Waals surface area (Å²) in [4.78, 5) is 23.4. The predicted octanol–water partition coefficient (Wildman–Crippen LogP) is 21.9. The van der Waals surface area contributed by atoms with E-state index >= 15 is 0 Å². The van der Waals surface area contributed by atoms with Crippen LogP contribution in [0.4, 0.5) is 0 Å². The van der Waals surface area contributed by atoms with Crippen LogP contribution >= 0.6 is 7.82 Å². The lowest BCUT2D eigenvalue weighted by molar-refractivity contribution is -0.870. The maximum atomic E-state index is 13.1. The molecule has 82 heavy (non-hydrogen) atoms. The van der Waals surface area contributed by atoms with Gasteiger partial charge in [-0.2, -0.15) is 0 Å². The standard InChI is InChI=1S/C73H131N2O6P/c1-6-8-10-12-14-16-18-20-22-24-26-28-29-30-31-32-33-34-35-36-37-38-39-40-41-42-43-44-45-47-49-51-53-55-57-59-61-63-65-67-73(77)74-71(70-81-82(78,79)80-69-68-75(3,4)5)72(76)66-64-62-60-58-56-54-52-50-48-46-27-25-23-21-19-17-15-13-11-9-7-2/h8,10,14,16,20,22,26,28,30-31,33-34,36-37,39-40,42-43,71-72,76H,6-7,9,11-13,15,17-19,21,23-25,27,29,32,35,38,41,44-70H2,1-5H3,(H-,74,77,78,79)/p+1/b10-8-,16-14-,22-20-,28-26-,31-30-,34-33-,37-36-,40-39-,43-42-. The van der Waals surface area contributed by atoms with Gasteiger partial charge in [-0.15, -0.1) is 0 Å². The minimum Gasteiger partial charge on any atom is -0.391 e. The molecule has 3 N–H and O–H groups in total. The number of unbranched alkanes of at least 4 members (excludes halogenated alkanes) is 31. The van der Waals surface area contributed by atoms with E-state index in [2.05, 4.69) is 129 Å². The average molecular weight is 1160 g/mol. The summed E-state index contributed by atoms with van der Waals surface area (Å²) in [7, 11) is 1.61. The molecule has 0 saturated heterocycles. The number of aliphatic hydroxyl groups excluding tert-OH is 1.